The summed E-state index contributed by atoms with van der Waals surface area (Å²) >= 11 is 3.08. The van der Waals surface area contributed by atoms with Gasteiger partial charge in [-0.2, -0.15) is 0 Å². The summed E-state index contributed by atoms with van der Waals surface area (Å²) in [6.45, 7) is 1.80. The summed E-state index contributed by atoms with van der Waals surface area (Å²) in [6.07, 6.45) is 0. The molecule has 0 saturated carbocycles. The molecule has 0 heterocycles. The van der Waals surface area contributed by atoms with Crippen LogP contribution in [0.4, 0.5) is 14.9 Å². The van der Waals surface area contributed by atoms with Crippen molar-refractivity contribution >= 4 is 27.6 Å². The number of hydrogen-bond acceptors (Lipinski definition) is 1. The molecule has 0 aromatic heterocycles. The molecule has 1 aromatic rings. The molecule has 0 spiro atoms. The highest BCUT2D eigenvalue weighted by molar-refractivity contribution is 9.10. The fraction of sp³-hybridized carbons (Fsp3) is 0.300. The molecule has 0 saturated heterocycles. The van der Waals surface area contributed by atoms with Crippen LogP contribution in [-0.4, -0.2) is 25.0 Å². The van der Waals surface area contributed by atoms with E-state index in [9.17, 15) is 9.18 Å². The second-order valence-corrected chi connectivity index (χ2v) is 4.26. The van der Waals surface area contributed by atoms with Gasteiger partial charge in [0.2, 0.25) is 0 Å². The first-order chi connectivity index (χ1) is 6.91. The zero-order valence-electron chi connectivity index (χ0n) is 8.77. The van der Waals surface area contributed by atoms with Crippen LogP contribution in [0, 0.1) is 12.7 Å². The summed E-state index contributed by atoms with van der Waals surface area (Å²) in [5.74, 6) is -0.394. The first-order valence-corrected chi connectivity index (χ1v) is 5.15. The van der Waals surface area contributed by atoms with Crippen LogP contribution in [-0.2, 0) is 0 Å². The maximum absolute atomic E-state index is 13.2. The van der Waals surface area contributed by atoms with Crippen LogP contribution >= 0.6 is 15.9 Å². The number of amides is 2. The van der Waals surface area contributed by atoms with E-state index in [1.165, 1.54) is 11.0 Å². The van der Waals surface area contributed by atoms with E-state index in [-0.39, 0.29) is 6.03 Å². The van der Waals surface area contributed by atoms with Gasteiger partial charge in [0.05, 0.1) is 4.47 Å². The summed E-state index contributed by atoms with van der Waals surface area (Å²) < 4.78 is 13.6. The molecule has 82 valence electrons. The lowest BCUT2D eigenvalue weighted by molar-refractivity contribution is 0.230. The molecule has 15 heavy (non-hydrogen) atoms. The molecule has 0 aliphatic heterocycles. The first-order valence-electron chi connectivity index (χ1n) is 4.35. The van der Waals surface area contributed by atoms with Crippen LogP contribution in [0.3, 0.4) is 0 Å². The number of nitrogens with one attached hydrogen (secondary N) is 1. The Balaban J connectivity index is 2.96. The van der Waals surface area contributed by atoms with Gasteiger partial charge < -0.3 is 10.2 Å². The highest BCUT2D eigenvalue weighted by atomic mass is 79.9. The Hall–Kier alpha value is -1.10. The fourth-order valence-corrected chi connectivity index (χ4v) is 1.47. The smallest absolute Gasteiger partial charge is 0.321 e. The zero-order chi connectivity index (χ0) is 11.6. The number of anilines is 1. The second kappa shape index (κ2) is 4.61. The first kappa shape index (κ1) is 12.0. The Kier molecular flexibility index (Phi) is 3.68. The van der Waals surface area contributed by atoms with Crippen LogP contribution in [0.2, 0.25) is 0 Å². The van der Waals surface area contributed by atoms with E-state index in [0.29, 0.717) is 10.2 Å². The summed E-state index contributed by atoms with van der Waals surface area (Å²) in [5, 5.41) is 2.60. The maximum Gasteiger partial charge on any atom is 0.321 e. The normalized spacial score (nSPS) is 9.93. The number of halogens is 2. The predicted molar refractivity (Wildman–Crippen MR) is 61.5 cm³/mol. The molecule has 1 N–H and O–H groups in total. The third-order valence-electron chi connectivity index (χ3n) is 1.92. The minimum absolute atomic E-state index is 0.278. The second-order valence-electron chi connectivity index (χ2n) is 3.41. The molecule has 0 radical (unpaired) electrons. The van der Waals surface area contributed by atoms with Crippen molar-refractivity contribution < 1.29 is 9.18 Å². The maximum atomic E-state index is 13.2. The van der Waals surface area contributed by atoms with E-state index in [1.807, 2.05) is 0 Å². The monoisotopic (exact) mass is 274 g/mol. The van der Waals surface area contributed by atoms with Crippen LogP contribution in [0.25, 0.3) is 0 Å². The Morgan fingerprint density at radius 3 is 2.60 bits per heavy atom. The SMILES string of the molecule is Cc1cc(Br)c(F)cc1NC(=O)N(C)C. The lowest BCUT2D eigenvalue weighted by atomic mass is 10.2. The third kappa shape index (κ3) is 2.92. The van der Waals surface area contributed by atoms with Crippen LogP contribution in [0.5, 0.6) is 0 Å². The van der Waals surface area contributed by atoms with Gasteiger partial charge in [0, 0.05) is 19.8 Å². The Labute approximate surface area is 96.4 Å². The van der Waals surface area contributed by atoms with Crippen molar-refractivity contribution in [2.24, 2.45) is 0 Å². The standard InChI is InChI=1S/C10H12BrFN2O/c1-6-4-7(11)8(12)5-9(6)13-10(15)14(2)3/h4-5H,1-3H3,(H,13,15). The van der Waals surface area contributed by atoms with Crippen LogP contribution < -0.4 is 5.32 Å². The van der Waals surface area contributed by atoms with Crippen LogP contribution in [0.1, 0.15) is 5.56 Å². The fourth-order valence-electron chi connectivity index (χ4n) is 1.01. The Morgan fingerprint density at radius 2 is 2.07 bits per heavy atom. The third-order valence-corrected chi connectivity index (χ3v) is 2.52. The van der Waals surface area contributed by atoms with E-state index in [2.05, 4.69) is 21.2 Å². The van der Waals surface area contributed by atoms with Gasteiger partial charge in [-0.3, -0.25) is 0 Å². The van der Waals surface area contributed by atoms with Crippen LogP contribution in [0.15, 0.2) is 16.6 Å². The number of carbonyl (C=O) groups is 1. The number of aryl methyl sites for hydroxylation is 1. The largest absolute Gasteiger partial charge is 0.331 e. The summed E-state index contributed by atoms with van der Waals surface area (Å²) in [4.78, 5) is 12.7. The van der Waals surface area contributed by atoms with E-state index < -0.39 is 5.82 Å². The van der Waals surface area contributed by atoms with Gasteiger partial charge in [0.15, 0.2) is 0 Å². The van der Waals surface area contributed by atoms with Crippen molar-refractivity contribution in [2.75, 3.05) is 19.4 Å². The molecule has 0 unspecified atom stereocenters. The van der Waals surface area contributed by atoms with Crippen molar-refractivity contribution in [3.63, 3.8) is 0 Å². The van der Waals surface area contributed by atoms with Crippen molar-refractivity contribution in [3.8, 4) is 0 Å². The molecule has 0 bridgehead atoms. The topological polar surface area (TPSA) is 32.3 Å². The molecular weight excluding hydrogens is 263 g/mol. The van der Waals surface area contributed by atoms with E-state index >= 15 is 0 Å². The number of nitrogens with zero attached hydrogens (tertiary/aromatic N) is 1. The summed E-state index contributed by atoms with van der Waals surface area (Å²) in [6, 6.07) is 2.64. The molecular formula is C10H12BrFN2O. The minimum Gasteiger partial charge on any atom is -0.331 e. The molecule has 5 heteroatoms. The number of urea groups is 1. The molecule has 0 aliphatic carbocycles. The molecule has 0 aliphatic rings. The van der Waals surface area contributed by atoms with Crippen molar-refractivity contribution in [2.45, 2.75) is 6.92 Å². The van der Waals surface area contributed by atoms with Gasteiger partial charge in [0.1, 0.15) is 5.82 Å². The van der Waals surface area contributed by atoms with E-state index in [1.54, 1.807) is 27.1 Å². The van der Waals surface area contributed by atoms with Crippen molar-refractivity contribution in [1.82, 2.24) is 4.90 Å². The highest BCUT2D eigenvalue weighted by Crippen LogP contribution is 2.23. The van der Waals surface area contributed by atoms with Gasteiger partial charge >= 0.3 is 6.03 Å². The van der Waals surface area contributed by atoms with Gasteiger partial charge in [0.25, 0.3) is 0 Å². The average Bonchev–Trinajstić information content (AvgIpc) is 2.13. The molecule has 2 amide bonds. The quantitative estimate of drug-likeness (QED) is 0.839. The zero-order valence-corrected chi connectivity index (χ0v) is 10.4. The van der Waals surface area contributed by atoms with E-state index in [4.69, 9.17) is 0 Å². The Bertz CT molecular complexity index is 393. The van der Waals surface area contributed by atoms with Crippen molar-refractivity contribution in [1.29, 1.82) is 0 Å². The van der Waals surface area contributed by atoms with Gasteiger partial charge in [-0.15, -0.1) is 0 Å². The Morgan fingerprint density at radius 1 is 1.47 bits per heavy atom. The van der Waals surface area contributed by atoms with E-state index in [0.717, 1.165) is 5.56 Å². The number of hydrogen-bond donors (Lipinski definition) is 1. The van der Waals surface area contributed by atoms with Crippen molar-refractivity contribution in [3.05, 3.63) is 28.0 Å². The average molecular weight is 275 g/mol. The summed E-state index contributed by atoms with van der Waals surface area (Å²) in [7, 11) is 3.25. The van der Waals surface area contributed by atoms with Gasteiger partial charge in [-0.05, 0) is 40.5 Å². The molecule has 1 rings (SSSR count). The summed E-state index contributed by atoms with van der Waals surface area (Å²) in [5.41, 5.74) is 1.29. The molecule has 0 fully saturated rings. The highest BCUT2D eigenvalue weighted by Gasteiger charge is 2.09. The molecule has 0 atom stereocenters. The number of rotatable bonds is 1. The molecule has 1 aromatic carbocycles. The van der Waals surface area contributed by atoms with Gasteiger partial charge in [-0.1, -0.05) is 0 Å². The number of carbonyl (C=O) groups excluding carboxylic acids is 1. The predicted octanol–water partition coefficient (Wildman–Crippen LogP) is 2.99. The minimum atomic E-state index is -0.394. The lowest BCUT2D eigenvalue weighted by Gasteiger charge is -2.14. The lowest BCUT2D eigenvalue weighted by Crippen LogP contribution is -2.27. The van der Waals surface area contributed by atoms with Gasteiger partial charge in [-0.25, -0.2) is 9.18 Å². The number of benzene rings is 1. The molecule has 3 nitrogen and oxygen atoms in total.